The van der Waals surface area contributed by atoms with Crippen molar-refractivity contribution in [2.45, 2.75) is 4.90 Å². The summed E-state index contributed by atoms with van der Waals surface area (Å²) < 4.78 is 19.0. The molecule has 0 saturated carbocycles. The van der Waals surface area contributed by atoms with Crippen molar-refractivity contribution in [1.29, 1.82) is 0 Å². The average Bonchev–Trinajstić information content (AvgIpc) is 2.04. The minimum absolute atomic E-state index is 0. The van der Waals surface area contributed by atoms with E-state index < -0.39 is 16.0 Å². The second-order valence-electron chi connectivity index (χ2n) is 2.00. The van der Waals surface area contributed by atoms with Crippen LogP contribution in [0.3, 0.4) is 0 Å². The summed E-state index contributed by atoms with van der Waals surface area (Å²) in [6.45, 7) is 0. The van der Waals surface area contributed by atoms with Gasteiger partial charge in [0.15, 0.2) is 11.1 Å². The maximum atomic E-state index is 10.5. The van der Waals surface area contributed by atoms with Gasteiger partial charge in [0, 0.05) is 12.1 Å². The number of hydrogen-bond donors (Lipinski definition) is 1. The summed E-state index contributed by atoms with van der Waals surface area (Å²) in [7, 11) is 0. The van der Waals surface area contributed by atoms with E-state index in [9.17, 15) is 14.3 Å². The molecule has 0 aliphatic heterocycles. The van der Waals surface area contributed by atoms with E-state index in [-0.39, 0.29) is 63.4 Å². The molecule has 66 valence electrons. The molecule has 1 aromatic rings. The van der Waals surface area contributed by atoms with Crippen molar-refractivity contribution >= 4 is 16.8 Å². The smallest absolute Gasteiger partial charge is 1.00 e. The van der Waals surface area contributed by atoms with Gasteiger partial charge in [0.2, 0.25) is 0 Å². The number of hydrogen-bond acceptors (Lipinski definition) is 3. The number of nitrogens with zero attached hydrogens (tertiary/aromatic N) is 1. The zero-order chi connectivity index (χ0) is 9.14. The topological polar surface area (TPSA) is 80.4 Å². The third-order valence-corrected chi connectivity index (χ3v) is 1.89. The van der Waals surface area contributed by atoms with Crippen LogP contribution in [0.2, 0.25) is 0 Å². The van der Waals surface area contributed by atoms with Crippen LogP contribution < -0.4 is 51.4 Å². The fourth-order valence-electron chi connectivity index (χ4n) is 0.706. The first-order chi connectivity index (χ1) is 5.61. The SMILES string of the molecule is O=[N+]([O-])c1cccc(S(=O)O)c1.[H-].[K+]. The molecule has 0 bridgehead atoms. The molecule has 0 spiro atoms. The third-order valence-electron chi connectivity index (χ3n) is 1.23. The van der Waals surface area contributed by atoms with Gasteiger partial charge in [0.1, 0.15) is 0 Å². The van der Waals surface area contributed by atoms with Crippen LogP contribution in [-0.2, 0) is 11.1 Å². The van der Waals surface area contributed by atoms with Crippen molar-refractivity contribution in [1.82, 2.24) is 0 Å². The van der Waals surface area contributed by atoms with Crippen LogP contribution in [0, 0.1) is 10.1 Å². The average molecular weight is 227 g/mol. The van der Waals surface area contributed by atoms with Gasteiger partial charge in [0.25, 0.3) is 5.69 Å². The molecule has 0 fully saturated rings. The second-order valence-corrected chi connectivity index (χ2v) is 2.97. The Morgan fingerprint density at radius 2 is 2.15 bits per heavy atom. The van der Waals surface area contributed by atoms with Crippen molar-refractivity contribution in [2.24, 2.45) is 0 Å². The monoisotopic (exact) mass is 227 g/mol. The summed E-state index contributed by atoms with van der Waals surface area (Å²) in [5.74, 6) is 0. The molecule has 0 aliphatic carbocycles. The molecule has 1 aromatic carbocycles. The van der Waals surface area contributed by atoms with Crippen LogP contribution >= 0.6 is 0 Å². The number of nitro groups is 1. The summed E-state index contributed by atoms with van der Waals surface area (Å²) in [5.41, 5.74) is -0.185. The van der Waals surface area contributed by atoms with Crippen molar-refractivity contribution in [3.63, 3.8) is 0 Å². The van der Waals surface area contributed by atoms with Crippen LogP contribution in [0.25, 0.3) is 0 Å². The van der Waals surface area contributed by atoms with Crippen LogP contribution in [-0.4, -0.2) is 13.7 Å². The van der Waals surface area contributed by atoms with E-state index in [1.54, 1.807) is 0 Å². The predicted molar refractivity (Wildman–Crippen MR) is 43.2 cm³/mol. The zero-order valence-corrected chi connectivity index (χ0v) is 10.8. The van der Waals surface area contributed by atoms with Gasteiger partial charge in [0.05, 0.1) is 9.82 Å². The minimum Gasteiger partial charge on any atom is -1.00 e. The summed E-state index contributed by atoms with van der Waals surface area (Å²) in [6.07, 6.45) is 0. The summed E-state index contributed by atoms with van der Waals surface area (Å²) >= 11 is -2.16. The van der Waals surface area contributed by atoms with Crippen molar-refractivity contribution in [2.75, 3.05) is 0 Å². The minimum atomic E-state index is -2.16. The Bertz CT molecular complexity index is 319. The Balaban J connectivity index is 0. The van der Waals surface area contributed by atoms with Gasteiger partial charge in [-0.05, 0) is 6.07 Å². The standard InChI is InChI=1S/C6H5NO4S.K.H/c8-7(9)5-2-1-3-6(4-5)12(10)11;;/h1-4H,(H,10,11);;/q;+1;-1. The first-order valence-electron chi connectivity index (χ1n) is 2.96. The third kappa shape index (κ3) is 3.94. The first kappa shape index (κ1) is 13.4. The Morgan fingerprint density at radius 3 is 2.62 bits per heavy atom. The van der Waals surface area contributed by atoms with E-state index in [2.05, 4.69) is 0 Å². The molecule has 0 saturated heterocycles. The molecule has 1 N–H and O–H groups in total. The first-order valence-corrected chi connectivity index (χ1v) is 4.07. The fourth-order valence-corrected chi connectivity index (χ4v) is 1.12. The van der Waals surface area contributed by atoms with Crippen LogP contribution in [0.5, 0.6) is 0 Å². The molecule has 0 amide bonds. The summed E-state index contributed by atoms with van der Waals surface area (Å²) in [6, 6.07) is 5.04. The zero-order valence-electron chi connectivity index (χ0n) is 7.84. The van der Waals surface area contributed by atoms with E-state index in [0.717, 1.165) is 6.07 Å². The molecule has 0 radical (unpaired) electrons. The molecular formula is C6H6KNO4S. The van der Waals surface area contributed by atoms with Crippen LogP contribution in [0.15, 0.2) is 29.2 Å². The van der Waals surface area contributed by atoms with E-state index in [1.165, 1.54) is 18.2 Å². The maximum Gasteiger partial charge on any atom is 1.00 e. The summed E-state index contributed by atoms with van der Waals surface area (Å²) in [5, 5.41) is 10.2. The Morgan fingerprint density at radius 1 is 1.54 bits per heavy atom. The number of non-ortho nitro benzene ring substituents is 1. The van der Waals surface area contributed by atoms with E-state index in [0.29, 0.717) is 0 Å². The molecule has 5 nitrogen and oxygen atoms in total. The number of nitro benzene ring substituents is 1. The number of rotatable bonds is 2. The van der Waals surface area contributed by atoms with Gasteiger partial charge in [-0.1, -0.05) is 6.07 Å². The molecular weight excluding hydrogens is 221 g/mol. The summed E-state index contributed by atoms with van der Waals surface area (Å²) in [4.78, 5) is 9.62. The van der Waals surface area contributed by atoms with E-state index in [4.69, 9.17) is 4.55 Å². The molecule has 1 rings (SSSR count). The Hall–Kier alpha value is 0.366. The molecule has 0 aliphatic rings. The second kappa shape index (κ2) is 5.96. The number of benzene rings is 1. The van der Waals surface area contributed by atoms with Gasteiger partial charge in [-0.2, -0.15) is 0 Å². The molecule has 13 heavy (non-hydrogen) atoms. The van der Waals surface area contributed by atoms with Crippen LogP contribution in [0.4, 0.5) is 5.69 Å². The fraction of sp³-hybridized carbons (Fsp3) is 0. The van der Waals surface area contributed by atoms with Gasteiger partial charge in [-0.3, -0.25) is 10.1 Å². The van der Waals surface area contributed by atoms with E-state index in [1.807, 2.05) is 0 Å². The van der Waals surface area contributed by atoms with Crippen LogP contribution in [0.1, 0.15) is 1.43 Å². The van der Waals surface area contributed by atoms with E-state index >= 15 is 0 Å². The van der Waals surface area contributed by atoms with Crippen molar-refractivity contribution in [3.8, 4) is 0 Å². The Kier molecular flexibility index (Phi) is 6.13. The normalized spacial score (nSPS) is 11.5. The van der Waals surface area contributed by atoms with Gasteiger partial charge in [-0.15, -0.1) is 0 Å². The quantitative estimate of drug-likeness (QED) is 0.282. The molecule has 0 heterocycles. The maximum absolute atomic E-state index is 10.5. The molecule has 1 atom stereocenters. The van der Waals surface area contributed by atoms with Gasteiger partial charge < -0.3 is 5.98 Å². The Labute approximate surface area is 121 Å². The van der Waals surface area contributed by atoms with Gasteiger partial charge in [-0.25, -0.2) is 4.21 Å². The molecule has 7 heteroatoms. The van der Waals surface area contributed by atoms with Crippen molar-refractivity contribution in [3.05, 3.63) is 34.4 Å². The molecule has 1 unspecified atom stereocenters. The predicted octanol–water partition coefficient (Wildman–Crippen LogP) is -1.71. The van der Waals surface area contributed by atoms with Crippen molar-refractivity contribution < 1.29 is 66.5 Å². The van der Waals surface area contributed by atoms with Gasteiger partial charge >= 0.3 is 51.4 Å². The largest absolute Gasteiger partial charge is 1.00 e. The molecule has 0 aromatic heterocycles.